The minimum Gasteiger partial charge on any atom is -0.493 e. The van der Waals surface area contributed by atoms with E-state index in [-0.39, 0.29) is 11.7 Å². The van der Waals surface area contributed by atoms with Crippen LogP contribution in [0.4, 0.5) is 4.39 Å². The van der Waals surface area contributed by atoms with Crippen LogP contribution in [-0.4, -0.2) is 15.1 Å². The highest BCUT2D eigenvalue weighted by molar-refractivity contribution is 7.98. The van der Waals surface area contributed by atoms with Gasteiger partial charge in [0, 0.05) is 27.6 Å². The van der Waals surface area contributed by atoms with Gasteiger partial charge in [-0.05, 0) is 13.0 Å². The first-order chi connectivity index (χ1) is 9.63. The second-order valence-corrected chi connectivity index (χ2v) is 6.35. The Kier molecular flexibility index (Phi) is 3.58. The van der Waals surface area contributed by atoms with Gasteiger partial charge in [0.15, 0.2) is 5.16 Å². The van der Waals surface area contributed by atoms with Gasteiger partial charge in [-0.3, -0.25) is 0 Å². The van der Waals surface area contributed by atoms with Gasteiger partial charge in [-0.15, -0.1) is 11.3 Å². The van der Waals surface area contributed by atoms with Crippen molar-refractivity contribution in [2.24, 2.45) is 0 Å². The number of aromatic hydroxyl groups is 1. The summed E-state index contributed by atoms with van der Waals surface area (Å²) in [5.74, 6) is 0.223. The average molecular weight is 306 g/mol. The largest absolute Gasteiger partial charge is 0.493 e. The molecule has 0 atom stereocenters. The molecule has 2 aromatic heterocycles. The number of aryl methyl sites for hydroxylation is 1. The Hall–Kier alpha value is -1.66. The minimum absolute atomic E-state index is 0.0585. The first-order valence-electron chi connectivity index (χ1n) is 5.97. The van der Waals surface area contributed by atoms with E-state index >= 15 is 0 Å². The van der Waals surface area contributed by atoms with Crippen molar-refractivity contribution in [3.8, 4) is 5.88 Å². The van der Waals surface area contributed by atoms with E-state index in [2.05, 4.69) is 9.97 Å². The lowest BCUT2D eigenvalue weighted by Gasteiger charge is -2.01. The third-order valence-electron chi connectivity index (χ3n) is 2.75. The summed E-state index contributed by atoms with van der Waals surface area (Å²) in [6, 6.07) is 8.91. The molecule has 3 nitrogen and oxygen atoms in total. The summed E-state index contributed by atoms with van der Waals surface area (Å²) in [5.41, 5.74) is 0.691. The molecule has 0 bridgehead atoms. The number of nitrogens with zero attached hydrogens (tertiary/aromatic N) is 2. The van der Waals surface area contributed by atoms with Gasteiger partial charge in [0.05, 0.1) is 4.88 Å². The highest BCUT2D eigenvalue weighted by Gasteiger charge is 2.12. The fourth-order valence-electron chi connectivity index (χ4n) is 1.88. The summed E-state index contributed by atoms with van der Waals surface area (Å²) in [7, 11) is 0. The Morgan fingerprint density at radius 1 is 1.30 bits per heavy atom. The van der Waals surface area contributed by atoms with Crippen LogP contribution in [-0.2, 0) is 5.75 Å². The second-order valence-electron chi connectivity index (χ2n) is 4.27. The minimum atomic E-state index is -0.171. The van der Waals surface area contributed by atoms with Crippen LogP contribution in [0.5, 0.6) is 5.88 Å². The maximum Gasteiger partial charge on any atom is 0.215 e. The maximum absolute atomic E-state index is 14.2. The van der Waals surface area contributed by atoms with E-state index in [0.29, 0.717) is 26.9 Å². The van der Waals surface area contributed by atoms with E-state index in [1.165, 1.54) is 29.2 Å². The average Bonchev–Trinajstić information content (AvgIpc) is 2.73. The molecule has 2 heterocycles. The lowest BCUT2D eigenvalue weighted by molar-refractivity contribution is 0.444. The third-order valence-corrected chi connectivity index (χ3v) is 4.96. The van der Waals surface area contributed by atoms with Crippen molar-refractivity contribution < 1.29 is 9.50 Å². The highest BCUT2D eigenvalue weighted by Crippen LogP contribution is 2.33. The number of thiophene rings is 1. The molecular formula is C14H11FN2OS2. The molecule has 20 heavy (non-hydrogen) atoms. The number of benzene rings is 1. The van der Waals surface area contributed by atoms with Gasteiger partial charge in [0.1, 0.15) is 5.82 Å². The Bertz CT molecular complexity index is 753. The Balaban J connectivity index is 1.84. The number of rotatable bonds is 3. The zero-order valence-electron chi connectivity index (χ0n) is 10.6. The summed E-state index contributed by atoms with van der Waals surface area (Å²) in [6.45, 7) is 1.78. The molecule has 102 valence electrons. The molecule has 0 fully saturated rings. The fraction of sp³-hybridized carbons (Fsp3) is 0.143. The molecular weight excluding hydrogens is 295 g/mol. The summed E-state index contributed by atoms with van der Waals surface area (Å²) >= 11 is 2.76. The van der Waals surface area contributed by atoms with Crippen LogP contribution in [0.2, 0.25) is 0 Å². The van der Waals surface area contributed by atoms with Crippen molar-refractivity contribution in [1.82, 2.24) is 9.97 Å². The van der Waals surface area contributed by atoms with Crippen molar-refractivity contribution in [1.29, 1.82) is 0 Å². The van der Waals surface area contributed by atoms with E-state index < -0.39 is 0 Å². The van der Waals surface area contributed by atoms with E-state index in [1.54, 1.807) is 13.0 Å². The van der Waals surface area contributed by atoms with Crippen LogP contribution >= 0.6 is 23.1 Å². The third kappa shape index (κ3) is 2.62. The lowest BCUT2D eigenvalue weighted by atomic mass is 10.2. The first-order valence-corrected chi connectivity index (χ1v) is 7.77. The monoisotopic (exact) mass is 306 g/mol. The van der Waals surface area contributed by atoms with Crippen molar-refractivity contribution in [3.63, 3.8) is 0 Å². The molecule has 6 heteroatoms. The Labute approximate surface area is 123 Å². The molecule has 0 aliphatic rings. The number of halogens is 1. The number of fused-ring (bicyclic) bond motifs is 1. The normalized spacial score (nSPS) is 11.1. The summed E-state index contributed by atoms with van der Waals surface area (Å²) in [6.07, 6.45) is 0. The van der Waals surface area contributed by atoms with Crippen LogP contribution in [0.15, 0.2) is 35.5 Å². The summed E-state index contributed by atoms with van der Waals surface area (Å²) < 4.78 is 15.1. The van der Waals surface area contributed by atoms with Gasteiger partial charge in [0.25, 0.3) is 0 Å². The van der Waals surface area contributed by atoms with Crippen LogP contribution in [0.25, 0.3) is 10.1 Å². The smallest absolute Gasteiger partial charge is 0.215 e. The zero-order valence-corrected chi connectivity index (χ0v) is 12.3. The number of hydrogen-bond acceptors (Lipinski definition) is 5. The quantitative estimate of drug-likeness (QED) is 0.583. The van der Waals surface area contributed by atoms with E-state index in [0.717, 1.165) is 4.70 Å². The fourth-order valence-corrected chi connectivity index (χ4v) is 3.92. The van der Waals surface area contributed by atoms with Gasteiger partial charge in [0.2, 0.25) is 5.88 Å². The first kappa shape index (κ1) is 13.3. The zero-order chi connectivity index (χ0) is 14.1. The lowest BCUT2D eigenvalue weighted by Crippen LogP contribution is -1.90. The van der Waals surface area contributed by atoms with Crippen molar-refractivity contribution in [3.05, 3.63) is 46.7 Å². The van der Waals surface area contributed by atoms with Crippen LogP contribution in [0.1, 0.15) is 10.6 Å². The molecule has 0 aliphatic carbocycles. The summed E-state index contributed by atoms with van der Waals surface area (Å²) in [5, 5.41) is 10.5. The maximum atomic E-state index is 14.2. The number of hydrogen-bond donors (Lipinski definition) is 1. The number of thioether (sulfide) groups is 1. The van der Waals surface area contributed by atoms with Gasteiger partial charge < -0.3 is 5.11 Å². The standard InChI is InChI=1S/C14H11FN2OS2/c1-8-6-12(18)17-14(16-8)19-7-11-13(15)9-4-2-3-5-10(9)20-11/h2-6H,7H2,1H3,(H,16,17,18). The topological polar surface area (TPSA) is 46.0 Å². The Morgan fingerprint density at radius 3 is 2.85 bits per heavy atom. The molecule has 1 N–H and O–H groups in total. The van der Waals surface area contributed by atoms with Gasteiger partial charge in [-0.1, -0.05) is 30.0 Å². The van der Waals surface area contributed by atoms with Crippen LogP contribution in [0, 0.1) is 12.7 Å². The summed E-state index contributed by atoms with van der Waals surface area (Å²) in [4.78, 5) is 8.80. The van der Waals surface area contributed by atoms with Crippen LogP contribution < -0.4 is 0 Å². The van der Waals surface area contributed by atoms with Gasteiger partial charge >= 0.3 is 0 Å². The predicted molar refractivity (Wildman–Crippen MR) is 79.8 cm³/mol. The van der Waals surface area contributed by atoms with E-state index in [4.69, 9.17) is 0 Å². The van der Waals surface area contributed by atoms with Crippen molar-refractivity contribution in [2.45, 2.75) is 17.8 Å². The number of aromatic nitrogens is 2. The molecule has 3 rings (SSSR count). The molecule has 0 spiro atoms. The predicted octanol–water partition coefficient (Wildman–Crippen LogP) is 4.14. The van der Waals surface area contributed by atoms with E-state index in [1.807, 2.05) is 18.2 Å². The van der Waals surface area contributed by atoms with Gasteiger partial charge in [-0.25, -0.2) is 9.37 Å². The molecule has 0 aliphatic heterocycles. The molecule has 0 saturated heterocycles. The van der Waals surface area contributed by atoms with Crippen molar-refractivity contribution in [2.75, 3.05) is 0 Å². The van der Waals surface area contributed by atoms with E-state index in [9.17, 15) is 9.50 Å². The molecule has 0 radical (unpaired) electrons. The Morgan fingerprint density at radius 2 is 2.10 bits per heavy atom. The SMILES string of the molecule is Cc1cc(O)nc(SCc2sc3ccccc3c2F)n1. The molecule has 3 aromatic rings. The molecule has 0 unspecified atom stereocenters. The molecule has 0 amide bonds. The molecule has 1 aromatic carbocycles. The highest BCUT2D eigenvalue weighted by atomic mass is 32.2. The molecule has 0 saturated carbocycles. The van der Waals surface area contributed by atoms with Crippen molar-refractivity contribution >= 4 is 33.2 Å². The van der Waals surface area contributed by atoms with Gasteiger partial charge in [-0.2, -0.15) is 4.98 Å². The van der Waals surface area contributed by atoms with Crippen LogP contribution in [0.3, 0.4) is 0 Å². The second kappa shape index (κ2) is 5.38.